The predicted molar refractivity (Wildman–Crippen MR) is 117 cm³/mol. The first-order valence-electron chi connectivity index (χ1n) is 8.62. The normalized spacial score (nSPS) is 10.5. The van der Waals surface area contributed by atoms with Gasteiger partial charge >= 0.3 is 6.03 Å². The van der Waals surface area contributed by atoms with Crippen molar-refractivity contribution < 1.29 is 4.79 Å². The van der Waals surface area contributed by atoms with Crippen LogP contribution in [-0.4, -0.2) is 11.0 Å². The summed E-state index contributed by atoms with van der Waals surface area (Å²) in [6.07, 6.45) is 0. The molecule has 0 saturated carbocycles. The minimum Gasteiger partial charge on any atom is -0.308 e. The lowest BCUT2D eigenvalue weighted by molar-refractivity contribution is 0.262. The number of nitrogens with zero attached hydrogens (tertiary/aromatic N) is 1. The molecular formula is C22H16ClN3OS. The predicted octanol–water partition coefficient (Wildman–Crippen LogP) is 6.77. The van der Waals surface area contributed by atoms with Crippen molar-refractivity contribution in [3.8, 4) is 22.4 Å². The monoisotopic (exact) mass is 405 g/mol. The number of urea groups is 1. The molecule has 0 bridgehead atoms. The van der Waals surface area contributed by atoms with E-state index in [-0.39, 0.29) is 6.03 Å². The summed E-state index contributed by atoms with van der Waals surface area (Å²) in [6, 6.07) is 25.1. The molecule has 0 aliphatic carbocycles. The molecule has 0 atom stereocenters. The van der Waals surface area contributed by atoms with Crippen LogP contribution in [-0.2, 0) is 0 Å². The van der Waals surface area contributed by atoms with Gasteiger partial charge in [0.2, 0.25) is 0 Å². The molecule has 4 nitrogen and oxygen atoms in total. The number of amides is 2. The highest BCUT2D eigenvalue weighted by Crippen LogP contribution is 2.27. The van der Waals surface area contributed by atoms with Crippen LogP contribution in [0.2, 0.25) is 5.02 Å². The third-order valence-corrected chi connectivity index (χ3v) is 5.09. The minimum atomic E-state index is -0.359. The average molecular weight is 406 g/mol. The zero-order chi connectivity index (χ0) is 19.3. The van der Waals surface area contributed by atoms with E-state index in [2.05, 4.69) is 39.9 Å². The summed E-state index contributed by atoms with van der Waals surface area (Å²) >= 11 is 7.31. The minimum absolute atomic E-state index is 0.359. The highest BCUT2D eigenvalue weighted by molar-refractivity contribution is 7.14. The Balaban J connectivity index is 1.43. The fourth-order valence-electron chi connectivity index (χ4n) is 2.75. The number of carbonyl (C=O) groups excluding carboxylic acids is 1. The number of halogens is 1. The second-order valence-corrected chi connectivity index (χ2v) is 7.37. The number of nitrogens with one attached hydrogen (secondary N) is 2. The molecule has 0 aliphatic heterocycles. The molecule has 0 fully saturated rings. The van der Waals surface area contributed by atoms with E-state index in [1.54, 1.807) is 24.3 Å². The van der Waals surface area contributed by atoms with Crippen LogP contribution in [0.4, 0.5) is 15.6 Å². The summed E-state index contributed by atoms with van der Waals surface area (Å²) < 4.78 is 0. The number of hydrogen-bond donors (Lipinski definition) is 2. The van der Waals surface area contributed by atoms with Gasteiger partial charge in [0.15, 0.2) is 5.13 Å². The molecule has 0 aliphatic rings. The van der Waals surface area contributed by atoms with Crippen LogP contribution >= 0.6 is 22.9 Å². The Labute approximate surface area is 171 Å². The summed E-state index contributed by atoms with van der Waals surface area (Å²) in [5.74, 6) is 0. The molecule has 138 valence electrons. The maximum atomic E-state index is 12.1. The van der Waals surface area contributed by atoms with Crippen molar-refractivity contribution in [3.05, 3.63) is 89.3 Å². The van der Waals surface area contributed by atoms with E-state index in [9.17, 15) is 4.79 Å². The number of aromatic nitrogens is 1. The van der Waals surface area contributed by atoms with Gasteiger partial charge in [-0.2, -0.15) is 0 Å². The Morgan fingerprint density at radius 1 is 0.821 bits per heavy atom. The van der Waals surface area contributed by atoms with Gasteiger partial charge in [-0.25, -0.2) is 9.78 Å². The van der Waals surface area contributed by atoms with Crippen molar-refractivity contribution in [3.63, 3.8) is 0 Å². The maximum absolute atomic E-state index is 12.1. The number of hydrogen-bond acceptors (Lipinski definition) is 3. The van der Waals surface area contributed by atoms with Crippen LogP contribution in [0.3, 0.4) is 0 Å². The topological polar surface area (TPSA) is 54.0 Å². The van der Waals surface area contributed by atoms with Gasteiger partial charge in [0.1, 0.15) is 0 Å². The van der Waals surface area contributed by atoms with Crippen LogP contribution in [0.5, 0.6) is 0 Å². The van der Waals surface area contributed by atoms with Crippen molar-refractivity contribution in [1.82, 2.24) is 4.98 Å². The lowest BCUT2D eigenvalue weighted by Gasteiger charge is -2.05. The number of benzene rings is 3. The number of anilines is 2. The van der Waals surface area contributed by atoms with Gasteiger partial charge in [-0.1, -0.05) is 72.3 Å². The molecule has 0 radical (unpaired) electrons. The first-order chi connectivity index (χ1) is 13.7. The Kier molecular flexibility index (Phi) is 5.37. The van der Waals surface area contributed by atoms with E-state index in [1.165, 1.54) is 16.9 Å². The van der Waals surface area contributed by atoms with E-state index in [0.29, 0.717) is 15.8 Å². The van der Waals surface area contributed by atoms with Crippen LogP contribution in [0, 0.1) is 0 Å². The molecule has 4 rings (SSSR count). The third-order valence-electron chi connectivity index (χ3n) is 4.09. The largest absolute Gasteiger partial charge is 0.325 e. The van der Waals surface area contributed by atoms with Crippen molar-refractivity contribution in [2.75, 3.05) is 10.6 Å². The fourth-order valence-corrected chi connectivity index (χ4v) is 3.66. The molecule has 2 amide bonds. The standard InChI is InChI=1S/C22H16ClN3OS/c23-18-7-4-8-19(13-18)24-21(27)26-22-25-20(14-28-22)17-11-9-16(10-12-17)15-5-2-1-3-6-15/h1-14H,(H2,24,25,26,27). The van der Waals surface area contributed by atoms with E-state index in [1.807, 2.05) is 35.7 Å². The molecule has 0 unspecified atom stereocenters. The van der Waals surface area contributed by atoms with E-state index >= 15 is 0 Å². The summed E-state index contributed by atoms with van der Waals surface area (Å²) in [5, 5.41) is 8.51. The molecule has 6 heteroatoms. The Morgan fingerprint density at radius 2 is 1.54 bits per heavy atom. The SMILES string of the molecule is O=C(Nc1cccc(Cl)c1)Nc1nc(-c2ccc(-c3ccccc3)cc2)cs1. The van der Waals surface area contributed by atoms with Gasteiger partial charge in [-0.3, -0.25) is 5.32 Å². The Hall–Kier alpha value is -3.15. The smallest absolute Gasteiger partial charge is 0.308 e. The van der Waals surface area contributed by atoms with Crippen LogP contribution in [0.15, 0.2) is 84.2 Å². The molecule has 4 aromatic rings. The van der Waals surface area contributed by atoms with Crippen molar-refractivity contribution in [1.29, 1.82) is 0 Å². The summed E-state index contributed by atoms with van der Waals surface area (Å²) in [7, 11) is 0. The highest BCUT2D eigenvalue weighted by Gasteiger charge is 2.09. The van der Waals surface area contributed by atoms with E-state index in [4.69, 9.17) is 11.6 Å². The molecule has 1 aromatic heterocycles. The van der Waals surface area contributed by atoms with E-state index < -0.39 is 0 Å². The fraction of sp³-hybridized carbons (Fsp3) is 0. The first kappa shape index (κ1) is 18.2. The molecule has 3 aromatic carbocycles. The Morgan fingerprint density at radius 3 is 2.29 bits per heavy atom. The van der Waals surface area contributed by atoms with Gasteiger partial charge in [0.05, 0.1) is 5.69 Å². The molecule has 0 saturated heterocycles. The molecular weight excluding hydrogens is 390 g/mol. The second kappa shape index (κ2) is 8.25. The van der Waals surface area contributed by atoms with Gasteiger partial charge in [0.25, 0.3) is 0 Å². The molecule has 0 spiro atoms. The quantitative estimate of drug-likeness (QED) is 0.393. The van der Waals surface area contributed by atoms with Crippen LogP contribution in [0.25, 0.3) is 22.4 Å². The van der Waals surface area contributed by atoms with Crippen LogP contribution in [0.1, 0.15) is 0 Å². The van der Waals surface area contributed by atoms with Gasteiger partial charge in [-0.15, -0.1) is 11.3 Å². The summed E-state index contributed by atoms with van der Waals surface area (Å²) in [4.78, 5) is 16.6. The zero-order valence-corrected chi connectivity index (χ0v) is 16.3. The number of rotatable bonds is 4. The maximum Gasteiger partial charge on any atom is 0.325 e. The molecule has 1 heterocycles. The number of carbonyl (C=O) groups is 1. The summed E-state index contributed by atoms with van der Waals surface area (Å²) in [5.41, 5.74) is 4.77. The lowest BCUT2D eigenvalue weighted by atomic mass is 10.0. The molecule has 2 N–H and O–H groups in total. The lowest BCUT2D eigenvalue weighted by Crippen LogP contribution is -2.19. The Bertz CT molecular complexity index is 1090. The van der Waals surface area contributed by atoms with Gasteiger partial charge < -0.3 is 5.32 Å². The van der Waals surface area contributed by atoms with E-state index in [0.717, 1.165) is 16.8 Å². The molecule has 28 heavy (non-hydrogen) atoms. The second-order valence-electron chi connectivity index (χ2n) is 6.07. The third kappa shape index (κ3) is 4.39. The first-order valence-corrected chi connectivity index (χ1v) is 9.88. The van der Waals surface area contributed by atoms with Crippen molar-refractivity contribution >= 4 is 39.8 Å². The highest BCUT2D eigenvalue weighted by atomic mass is 35.5. The van der Waals surface area contributed by atoms with Crippen molar-refractivity contribution in [2.24, 2.45) is 0 Å². The summed E-state index contributed by atoms with van der Waals surface area (Å²) in [6.45, 7) is 0. The van der Waals surface area contributed by atoms with Crippen molar-refractivity contribution in [2.45, 2.75) is 0 Å². The van der Waals surface area contributed by atoms with Gasteiger partial charge in [-0.05, 0) is 29.3 Å². The zero-order valence-electron chi connectivity index (χ0n) is 14.7. The van der Waals surface area contributed by atoms with Crippen LogP contribution < -0.4 is 10.6 Å². The average Bonchev–Trinajstić information content (AvgIpc) is 3.17. The van der Waals surface area contributed by atoms with Gasteiger partial charge in [0, 0.05) is 21.7 Å². The number of thiazole rings is 1.